The summed E-state index contributed by atoms with van der Waals surface area (Å²) in [5, 5.41) is 7.03. The maximum Gasteiger partial charge on any atom is 0.323 e. The van der Waals surface area contributed by atoms with Crippen molar-refractivity contribution in [2.45, 2.75) is 18.6 Å². The van der Waals surface area contributed by atoms with Crippen molar-refractivity contribution < 1.29 is 18.3 Å². The van der Waals surface area contributed by atoms with Crippen LogP contribution in [0.4, 0.5) is 0 Å². The summed E-state index contributed by atoms with van der Waals surface area (Å²) in [4.78, 5) is 10.4. The quantitative estimate of drug-likeness (QED) is 0.600. The summed E-state index contributed by atoms with van der Waals surface area (Å²) in [5.74, 6) is -1.49. The van der Waals surface area contributed by atoms with Gasteiger partial charge in [-0.15, -0.1) is 0 Å². The Kier molecular flexibility index (Phi) is 4.19. The van der Waals surface area contributed by atoms with Gasteiger partial charge in [0.1, 0.15) is 0 Å². The zero-order valence-corrected chi connectivity index (χ0v) is 7.67. The number of nitrogens with two attached hydrogens (primary N) is 1. The average Bonchev–Trinajstić information content (AvgIpc) is 1.86. The monoisotopic (exact) mass is 195 g/mol. The molecule has 0 aromatic carbocycles. The van der Waals surface area contributed by atoms with Gasteiger partial charge in [0.25, 0.3) is 0 Å². The highest BCUT2D eigenvalue weighted by Crippen LogP contribution is 2.03. The molecule has 0 saturated carbocycles. The first-order valence-electron chi connectivity index (χ1n) is 3.60. The van der Waals surface area contributed by atoms with Crippen LogP contribution in [-0.2, 0) is 14.6 Å². The van der Waals surface area contributed by atoms with Crippen molar-refractivity contribution in [3.8, 4) is 0 Å². The summed E-state index contributed by atoms with van der Waals surface area (Å²) in [6, 6.07) is 0. The zero-order valence-electron chi connectivity index (χ0n) is 6.86. The van der Waals surface area contributed by atoms with E-state index in [0.717, 1.165) is 0 Å². The van der Waals surface area contributed by atoms with E-state index in [9.17, 15) is 13.2 Å². The average molecular weight is 195 g/mol. The fraction of sp³-hybridized carbons (Fsp3) is 0.833. The molecule has 0 aromatic rings. The Balaban J connectivity index is 4.61. The lowest BCUT2D eigenvalue weighted by Crippen LogP contribution is -2.38. The molecule has 3 N–H and O–H groups in total. The first-order valence-corrected chi connectivity index (χ1v) is 5.31. The molecule has 6 heteroatoms. The van der Waals surface area contributed by atoms with Crippen LogP contribution >= 0.6 is 0 Å². The third-order valence-electron chi connectivity index (χ3n) is 1.41. The third-order valence-corrected chi connectivity index (χ3v) is 3.65. The summed E-state index contributed by atoms with van der Waals surface area (Å²) in [7, 11) is -3.55. The van der Waals surface area contributed by atoms with Crippen LogP contribution in [0.2, 0.25) is 0 Å². The molecule has 12 heavy (non-hydrogen) atoms. The summed E-state index contributed by atoms with van der Waals surface area (Å²) < 4.78 is 22.3. The molecule has 0 aliphatic rings. The van der Waals surface area contributed by atoms with Gasteiger partial charge >= 0.3 is 5.97 Å². The predicted octanol–water partition coefficient (Wildman–Crippen LogP) is -0.777. The van der Waals surface area contributed by atoms with Crippen LogP contribution in [0.5, 0.6) is 0 Å². The smallest absolute Gasteiger partial charge is 0.323 e. The Morgan fingerprint density at radius 1 is 1.58 bits per heavy atom. The van der Waals surface area contributed by atoms with Crippen molar-refractivity contribution in [2.75, 3.05) is 12.3 Å². The van der Waals surface area contributed by atoms with E-state index in [-0.39, 0.29) is 12.3 Å². The van der Waals surface area contributed by atoms with Crippen LogP contribution in [0.15, 0.2) is 0 Å². The Bertz CT molecular complexity index is 246. The maximum atomic E-state index is 11.1. The predicted molar refractivity (Wildman–Crippen MR) is 44.6 cm³/mol. The van der Waals surface area contributed by atoms with Gasteiger partial charge in [-0.05, 0) is 6.42 Å². The van der Waals surface area contributed by atoms with E-state index in [0.29, 0.717) is 6.42 Å². The topological polar surface area (TPSA) is 97.5 Å². The number of carboxylic acid groups (broad SMARTS) is 1. The fourth-order valence-electron chi connectivity index (χ4n) is 0.828. The number of carboxylic acids is 1. The van der Waals surface area contributed by atoms with Crippen LogP contribution in [-0.4, -0.2) is 37.0 Å². The Labute approximate surface area is 71.5 Å². The molecule has 0 heterocycles. The molecule has 1 unspecified atom stereocenters. The summed E-state index contributed by atoms with van der Waals surface area (Å²) in [6.45, 7) is 1.31. The van der Waals surface area contributed by atoms with Gasteiger partial charge in [-0.25, -0.2) is 8.42 Å². The molecular formula is C6H13NO4S. The normalized spacial score (nSPS) is 14.2. The standard InChI is InChI=1S/C6H13NO4S/c1-2-3-12(10,11)5(4-7)6(8)9/h5H,2-4,7H2,1H3,(H,8,9). The number of aliphatic carboxylic acids is 1. The lowest BCUT2D eigenvalue weighted by Gasteiger charge is -2.09. The van der Waals surface area contributed by atoms with Gasteiger partial charge in [-0.3, -0.25) is 4.79 Å². The molecule has 72 valence electrons. The van der Waals surface area contributed by atoms with E-state index < -0.39 is 21.1 Å². The van der Waals surface area contributed by atoms with Crippen molar-refractivity contribution in [3.05, 3.63) is 0 Å². The molecule has 0 spiro atoms. The highest BCUT2D eigenvalue weighted by molar-refractivity contribution is 7.92. The van der Waals surface area contributed by atoms with E-state index in [2.05, 4.69) is 0 Å². The summed E-state index contributed by atoms with van der Waals surface area (Å²) in [5.41, 5.74) is 5.03. The molecule has 0 amide bonds. The lowest BCUT2D eigenvalue weighted by atomic mass is 10.4. The van der Waals surface area contributed by atoms with Crippen LogP contribution in [0, 0.1) is 0 Å². The number of sulfone groups is 1. The van der Waals surface area contributed by atoms with Gasteiger partial charge in [0.15, 0.2) is 15.1 Å². The molecule has 0 radical (unpaired) electrons. The molecule has 5 nitrogen and oxygen atoms in total. The second-order valence-electron chi connectivity index (χ2n) is 2.43. The number of carbonyl (C=O) groups is 1. The molecular weight excluding hydrogens is 182 g/mol. The first kappa shape index (κ1) is 11.4. The molecule has 0 aliphatic carbocycles. The van der Waals surface area contributed by atoms with Crippen molar-refractivity contribution >= 4 is 15.8 Å². The lowest BCUT2D eigenvalue weighted by molar-refractivity contribution is -0.136. The van der Waals surface area contributed by atoms with Gasteiger partial charge < -0.3 is 10.8 Å². The zero-order chi connectivity index (χ0) is 9.78. The van der Waals surface area contributed by atoms with Crippen molar-refractivity contribution in [2.24, 2.45) is 5.73 Å². The fourth-order valence-corrected chi connectivity index (χ4v) is 2.28. The van der Waals surface area contributed by atoms with Crippen molar-refractivity contribution in [3.63, 3.8) is 0 Å². The van der Waals surface area contributed by atoms with Gasteiger partial charge in [-0.2, -0.15) is 0 Å². The largest absolute Gasteiger partial charge is 0.480 e. The molecule has 0 aliphatic heterocycles. The van der Waals surface area contributed by atoms with Gasteiger partial charge in [0.2, 0.25) is 0 Å². The third kappa shape index (κ3) is 2.78. The van der Waals surface area contributed by atoms with Gasteiger partial charge in [0.05, 0.1) is 5.75 Å². The van der Waals surface area contributed by atoms with E-state index in [4.69, 9.17) is 10.8 Å². The molecule has 0 rings (SSSR count). The molecule has 0 fully saturated rings. The van der Waals surface area contributed by atoms with E-state index >= 15 is 0 Å². The molecule has 1 atom stereocenters. The Morgan fingerprint density at radius 3 is 2.33 bits per heavy atom. The first-order chi connectivity index (χ1) is 5.45. The second-order valence-corrected chi connectivity index (χ2v) is 4.73. The van der Waals surface area contributed by atoms with Crippen molar-refractivity contribution in [1.82, 2.24) is 0 Å². The number of rotatable bonds is 5. The van der Waals surface area contributed by atoms with Crippen molar-refractivity contribution in [1.29, 1.82) is 0 Å². The van der Waals surface area contributed by atoms with Crippen LogP contribution < -0.4 is 5.73 Å². The van der Waals surface area contributed by atoms with Gasteiger partial charge in [-0.1, -0.05) is 6.92 Å². The van der Waals surface area contributed by atoms with E-state index in [1.807, 2.05) is 0 Å². The number of hydrogen-bond acceptors (Lipinski definition) is 4. The SMILES string of the molecule is CCCS(=O)(=O)C(CN)C(=O)O. The van der Waals surface area contributed by atoms with E-state index in [1.54, 1.807) is 6.92 Å². The summed E-state index contributed by atoms with van der Waals surface area (Å²) in [6.07, 6.45) is 0.409. The highest BCUT2D eigenvalue weighted by Gasteiger charge is 2.29. The molecule has 0 saturated heterocycles. The summed E-state index contributed by atoms with van der Waals surface area (Å²) >= 11 is 0. The number of hydrogen-bond donors (Lipinski definition) is 2. The van der Waals surface area contributed by atoms with Crippen LogP contribution in [0.3, 0.4) is 0 Å². The Morgan fingerprint density at radius 2 is 2.08 bits per heavy atom. The van der Waals surface area contributed by atoms with E-state index in [1.165, 1.54) is 0 Å². The molecule has 0 aromatic heterocycles. The highest BCUT2D eigenvalue weighted by atomic mass is 32.2. The minimum atomic E-state index is -3.55. The van der Waals surface area contributed by atoms with Crippen LogP contribution in [0.25, 0.3) is 0 Å². The van der Waals surface area contributed by atoms with Crippen LogP contribution in [0.1, 0.15) is 13.3 Å². The Hall–Kier alpha value is -0.620. The maximum absolute atomic E-state index is 11.1. The minimum absolute atomic E-state index is 0.124. The molecule has 0 bridgehead atoms. The second kappa shape index (κ2) is 4.42. The minimum Gasteiger partial charge on any atom is -0.480 e. The van der Waals surface area contributed by atoms with Gasteiger partial charge in [0, 0.05) is 6.54 Å².